The van der Waals surface area contributed by atoms with E-state index in [0.29, 0.717) is 12.1 Å². The van der Waals surface area contributed by atoms with Gasteiger partial charge >= 0.3 is 11.4 Å². The Morgan fingerprint density at radius 3 is 1.46 bits per heavy atom. The summed E-state index contributed by atoms with van der Waals surface area (Å²) in [6, 6.07) is 9.31. The van der Waals surface area contributed by atoms with Crippen LogP contribution in [0.15, 0.2) is 61.2 Å². The van der Waals surface area contributed by atoms with Gasteiger partial charge < -0.3 is 5.11 Å². The Hall–Kier alpha value is -4.13. The molecule has 0 amide bonds. The van der Waals surface area contributed by atoms with Crippen LogP contribution in [0.25, 0.3) is 0 Å². The molecule has 0 unspecified atom stereocenters. The molecular formula is C22H23N5O7S. The SMILES string of the molecule is O=[N+]([O-])c1cc([N+](=O)[O-])c(O)c([N+](=O)[O-])c1.c1cc(CCCSCCCc2ccncc2)ccn1. The van der Waals surface area contributed by atoms with Gasteiger partial charge in [-0.3, -0.25) is 40.3 Å². The summed E-state index contributed by atoms with van der Waals surface area (Å²) in [5.41, 5.74) is -0.210. The number of nitro groups is 3. The maximum Gasteiger partial charge on any atom is 0.324 e. The van der Waals surface area contributed by atoms with E-state index >= 15 is 0 Å². The molecule has 2 aromatic heterocycles. The van der Waals surface area contributed by atoms with E-state index < -0.39 is 37.6 Å². The van der Waals surface area contributed by atoms with Gasteiger partial charge in [-0.15, -0.1) is 0 Å². The fraction of sp³-hybridized carbons (Fsp3) is 0.273. The number of hydrogen-bond acceptors (Lipinski definition) is 10. The number of thioether (sulfide) groups is 1. The average molecular weight is 502 g/mol. The lowest BCUT2D eigenvalue weighted by Gasteiger charge is -2.03. The first-order valence-electron chi connectivity index (χ1n) is 10.4. The van der Waals surface area contributed by atoms with Gasteiger partial charge in [0.05, 0.1) is 26.9 Å². The van der Waals surface area contributed by atoms with E-state index in [0.717, 1.165) is 0 Å². The van der Waals surface area contributed by atoms with Crippen LogP contribution in [0.4, 0.5) is 17.1 Å². The number of phenolic OH excluding ortho intramolecular Hbond substituents is 1. The zero-order valence-electron chi connectivity index (χ0n) is 18.6. The number of hydrogen-bond donors (Lipinski definition) is 1. The summed E-state index contributed by atoms with van der Waals surface area (Å²) in [7, 11) is 0. The molecular weight excluding hydrogens is 478 g/mol. The summed E-state index contributed by atoms with van der Waals surface area (Å²) in [5.74, 6) is 1.29. The predicted molar refractivity (Wildman–Crippen MR) is 131 cm³/mol. The van der Waals surface area contributed by atoms with Crippen molar-refractivity contribution in [3.05, 3.63) is 103 Å². The van der Waals surface area contributed by atoms with E-state index in [-0.39, 0.29) is 0 Å². The lowest BCUT2D eigenvalue weighted by atomic mass is 10.2. The summed E-state index contributed by atoms with van der Waals surface area (Å²) in [4.78, 5) is 35.8. The molecule has 1 aromatic carbocycles. The van der Waals surface area contributed by atoms with E-state index in [2.05, 4.69) is 46.0 Å². The average Bonchev–Trinajstić information content (AvgIpc) is 2.84. The molecule has 13 heteroatoms. The van der Waals surface area contributed by atoms with Gasteiger partial charge in [-0.1, -0.05) is 0 Å². The van der Waals surface area contributed by atoms with Crippen LogP contribution in [-0.4, -0.2) is 41.4 Å². The number of aryl methyl sites for hydroxylation is 2. The highest BCUT2D eigenvalue weighted by Gasteiger charge is 2.30. The molecule has 0 bridgehead atoms. The monoisotopic (exact) mass is 501 g/mol. The van der Waals surface area contributed by atoms with Crippen LogP contribution in [0.2, 0.25) is 0 Å². The molecule has 0 saturated carbocycles. The first-order chi connectivity index (χ1) is 16.8. The van der Waals surface area contributed by atoms with Gasteiger partial charge in [-0.25, -0.2) is 0 Å². The van der Waals surface area contributed by atoms with E-state index in [4.69, 9.17) is 5.11 Å². The lowest BCUT2D eigenvalue weighted by Crippen LogP contribution is -1.97. The largest absolute Gasteiger partial charge is 0.497 e. The van der Waals surface area contributed by atoms with Gasteiger partial charge in [0.25, 0.3) is 11.4 Å². The minimum absolute atomic E-state index is 0.447. The van der Waals surface area contributed by atoms with Crippen molar-refractivity contribution < 1.29 is 19.9 Å². The van der Waals surface area contributed by atoms with Crippen molar-refractivity contribution in [2.24, 2.45) is 0 Å². The van der Waals surface area contributed by atoms with Crippen molar-refractivity contribution in [3.63, 3.8) is 0 Å². The molecule has 3 aromatic rings. The molecule has 0 aliphatic heterocycles. The minimum atomic E-state index is -1.21. The Labute approximate surface area is 204 Å². The number of phenols is 1. The molecule has 0 radical (unpaired) electrons. The van der Waals surface area contributed by atoms with Crippen molar-refractivity contribution in [2.75, 3.05) is 11.5 Å². The van der Waals surface area contributed by atoms with Gasteiger partial charge in [0.2, 0.25) is 0 Å². The third-order valence-corrected chi connectivity index (χ3v) is 5.82. The Bertz CT molecular complexity index is 1060. The standard InChI is InChI=1S/C16H20N2S.C6H3N3O7/c1(3-15-5-9-17-10-6-15)13-19-14-2-4-16-7-11-18-12-8-16;10-6-4(8(13)14)1-3(7(11)12)2-5(6)9(15)16/h5-12H,1-4,13-14H2;1-2,10H. The molecule has 0 fully saturated rings. The summed E-state index contributed by atoms with van der Waals surface area (Å²) in [6.07, 6.45) is 12.3. The number of rotatable bonds is 11. The normalized spacial score (nSPS) is 10.2. The smallest absolute Gasteiger partial charge is 0.324 e. The molecule has 1 N–H and O–H groups in total. The van der Waals surface area contributed by atoms with Gasteiger partial charge in [0.15, 0.2) is 0 Å². The first-order valence-corrected chi connectivity index (χ1v) is 11.6. The van der Waals surface area contributed by atoms with Crippen LogP contribution in [0.3, 0.4) is 0 Å². The number of nitrogens with zero attached hydrogens (tertiary/aromatic N) is 5. The van der Waals surface area contributed by atoms with Gasteiger partial charge in [0.1, 0.15) is 0 Å². The first kappa shape index (κ1) is 27.1. The Balaban J connectivity index is 0.000000251. The van der Waals surface area contributed by atoms with Crippen molar-refractivity contribution in [2.45, 2.75) is 25.7 Å². The minimum Gasteiger partial charge on any atom is -0.497 e. The summed E-state index contributed by atoms with van der Waals surface area (Å²) < 4.78 is 0. The number of aromatic hydroxyl groups is 1. The summed E-state index contributed by atoms with van der Waals surface area (Å²) >= 11 is 2.06. The second-order valence-corrected chi connectivity index (χ2v) is 8.36. The molecule has 0 saturated heterocycles. The maximum atomic E-state index is 10.4. The van der Waals surface area contributed by atoms with E-state index in [1.807, 2.05) is 24.8 Å². The maximum absolute atomic E-state index is 10.4. The van der Waals surface area contributed by atoms with Crippen LogP contribution in [-0.2, 0) is 12.8 Å². The number of non-ortho nitro benzene ring substituents is 1. The highest BCUT2D eigenvalue weighted by atomic mass is 32.2. The number of benzene rings is 1. The quantitative estimate of drug-likeness (QED) is 0.216. The molecule has 0 aliphatic rings. The predicted octanol–water partition coefficient (Wildman–Crippen LogP) is 4.89. The molecule has 35 heavy (non-hydrogen) atoms. The summed E-state index contributed by atoms with van der Waals surface area (Å²) in [5, 5.41) is 40.2. The summed E-state index contributed by atoms with van der Waals surface area (Å²) in [6.45, 7) is 0. The van der Waals surface area contributed by atoms with E-state index in [1.165, 1.54) is 48.3 Å². The topological polar surface area (TPSA) is 175 Å². The van der Waals surface area contributed by atoms with Crippen LogP contribution < -0.4 is 0 Å². The Morgan fingerprint density at radius 1 is 0.714 bits per heavy atom. The van der Waals surface area contributed by atoms with Gasteiger partial charge in [-0.05, 0) is 72.6 Å². The highest BCUT2D eigenvalue weighted by Crippen LogP contribution is 2.38. The molecule has 0 atom stereocenters. The van der Waals surface area contributed by atoms with Crippen LogP contribution in [0, 0.1) is 30.3 Å². The van der Waals surface area contributed by atoms with Crippen LogP contribution in [0.1, 0.15) is 24.0 Å². The van der Waals surface area contributed by atoms with E-state index in [9.17, 15) is 30.3 Å². The highest BCUT2D eigenvalue weighted by molar-refractivity contribution is 7.99. The van der Waals surface area contributed by atoms with Crippen molar-refractivity contribution in [1.82, 2.24) is 9.97 Å². The number of aromatic nitrogens is 2. The van der Waals surface area contributed by atoms with Crippen molar-refractivity contribution >= 4 is 28.8 Å². The molecule has 2 heterocycles. The lowest BCUT2D eigenvalue weighted by molar-refractivity contribution is -0.404. The third-order valence-electron chi connectivity index (χ3n) is 4.67. The molecule has 184 valence electrons. The zero-order chi connectivity index (χ0) is 25.6. The van der Waals surface area contributed by atoms with Crippen LogP contribution >= 0.6 is 11.8 Å². The second kappa shape index (κ2) is 14.2. The second-order valence-electron chi connectivity index (χ2n) is 7.13. The zero-order valence-corrected chi connectivity index (χ0v) is 19.4. The molecule has 3 rings (SSSR count). The Kier molecular flexibility index (Phi) is 11.0. The number of pyridine rings is 2. The van der Waals surface area contributed by atoms with E-state index in [1.54, 1.807) is 0 Å². The van der Waals surface area contributed by atoms with Crippen LogP contribution in [0.5, 0.6) is 5.75 Å². The van der Waals surface area contributed by atoms with Gasteiger partial charge in [0, 0.05) is 24.8 Å². The molecule has 0 spiro atoms. The van der Waals surface area contributed by atoms with Crippen molar-refractivity contribution in [3.8, 4) is 5.75 Å². The third kappa shape index (κ3) is 9.33. The van der Waals surface area contributed by atoms with Gasteiger partial charge in [-0.2, -0.15) is 11.8 Å². The number of nitro benzene ring substituents is 3. The molecule has 12 nitrogen and oxygen atoms in total. The Morgan fingerprint density at radius 2 is 1.11 bits per heavy atom. The van der Waals surface area contributed by atoms with Crippen molar-refractivity contribution in [1.29, 1.82) is 0 Å². The fourth-order valence-electron chi connectivity index (χ4n) is 2.93. The fourth-order valence-corrected chi connectivity index (χ4v) is 3.83. The molecule has 0 aliphatic carbocycles.